The van der Waals surface area contributed by atoms with Gasteiger partial charge in [-0.25, -0.2) is 9.50 Å². The maximum absolute atomic E-state index is 11.7. The second kappa shape index (κ2) is 6.24. The molecule has 1 aliphatic heterocycles. The summed E-state index contributed by atoms with van der Waals surface area (Å²) in [6, 6.07) is 10.1. The highest BCUT2D eigenvalue weighted by Crippen LogP contribution is 2.29. The lowest BCUT2D eigenvalue weighted by Crippen LogP contribution is -2.39. The fourth-order valence-corrected chi connectivity index (χ4v) is 4.04. The van der Waals surface area contributed by atoms with Gasteiger partial charge in [0.1, 0.15) is 0 Å². The Morgan fingerprint density at radius 2 is 2.00 bits per heavy atom. The zero-order valence-electron chi connectivity index (χ0n) is 13.5. The molecule has 1 aliphatic rings. The van der Waals surface area contributed by atoms with E-state index < -0.39 is 0 Å². The molecule has 3 aromatic rings. The largest absolute Gasteiger partial charge is 0.359 e. The molecule has 1 fully saturated rings. The first kappa shape index (κ1) is 15.1. The average Bonchev–Trinajstić information content (AvgIpc) is 3.21. The first-order valence-corrected chi connectivity index (χ1v) is 8.94. The van der Waals surface area contributed by atoms with Crippen molar-refractivity contribution in [3.05, 3.63) is 36.5 Å². The number of imidazole rings is 1. The Hall–Kier alpha value is -2.41. The maximum Gasteiger partial charge on any atom is 0.222 e. The minimum atomic E-state index is 0.125. The van der Waals surface area contributed by atoms with Gasteiger partial charge in [-0.1, -0.05) is 41.7 Å². The van der Waals surface area contributed by atoms with Crippen LogP contribution in [0, 0.1) is 5.92 Å². The molecule has 1 amide bonds. The van der Waals surface area contributed by atoms with Crippen LogP contribution in [0.1, 0.15) is 12.8 Å². The van der Waals surface area contributed by atoms with Crippen LogP contribution in [-0.4, -0.2) is 40.6 Å². The third-order valence-electron chi connectivity index (χ3n) is 4.48. The molecule has 1 N–H and O–H groups in total. The third-order valence-corrected chi connectivity index (χ3v) is 5.47. The molecule has 3 heterocycles. The van der Waals surface area contributed by atoms with Crippen molar-refractivity contribution < 1.29 is 4.79 Å². The summed E-state index contributed by atoms with van der Waals surface area (Å²) in [6.07, 6.45) is 3.72. The molecule has 6 nitrogen and oxygen atoms in total. The second-order valence-electron chi connectivity index (χ2n) is 5.98. The van der Waals surface area contributed by atoms with E-state index in [0.29, 0.717) is 0 Å². The van der Waals surface area contributed by atoms with Crippen LogP contribution in [0.4, 0.5) is 5.13 Å². The molecule has 1 aromatic carbocycles. The van der Waals surface area contributed by atoms with Crippen molar-refractivity contribution in [1.82, 2.24) is 19.9 Å². The van der Waals surface area contributed by atoms with E-state index in [4.69, 9.17) is 0 Å². The van der Waals surface area contributed by atoms with Gasteiger partial charge in [0.05, 0.1) is 11.9 Å². The van der Waals surface area contributed by atoms with Gasteiger partial charge in [-0.2, -0.15) is 0 Å². The summed E-state index contributed by atoms with van der Waals surface area (Å²) < 4.78 is 1.85. The smallest absolute Gasteiger partial charge is 0.222 e. The van der Waals surface area contributed by atoms with Crippen molar-refractivity contribution in [2.24, 2.45) is 5.92 Å². The first-order chi connectivity index (χ1) is 11.7. The van der Waals surface area contributed by atoms with Gasteiger partial charge in [0.15, 0.2) is 0 Å². The van der Waals surface area contributed by atoms with Crippen molar-refractivity contribution in [2.45, 2.75) is 12.8 Å². The van der Waals surface area contributed by atoms with Crippen molar-refractivity contribution >= 4 is 27.3 Å². The number of fused-ring (bicyclic) bond motifs is 1. The van der Waals surface area contributed by atoms with E-state index >= 15 is 0 Å². The first-order valence-electron chi connectivity index (χ1n) is 8.13. The summed E-state index contributed by atoms with van der Waals surface area (Å²) in [4.78, 5) is 19.6. The molecule has 7 heteroatoms. The van der Waals surface area contributed by atoms with Crippen molar-refractivity contribution in [1.29, 1.82) is 0 Å². The monoisotopic (exact) mass is 341 g/mol. The Morgan fingerprint density at radius 3 is 2.67 bits per heavy atom. The quantitative estimate of drug-likeness (QED) is 0.795. The number of aromatic nitrogens is 3. The molecular weight excluding hydrogens is 322 g/mol. The summed E-state index contributed by atoms with van der Waals surface area (Å²) in [5, 5.41) is 8.39. The molecule has 0 bridgehead atoms. The Balaban J connectivity index is 1.51. The number of hydrogen-bond acceptors (Lipinski definition) is 5. The lowest BCUT2D eigenvalue weighted by Gasteiger charge is -2.30. The van der Waals surface area contributed by atoms with E-state index in [0.717, 1.165) is 47.3 Å². The molecule has 0 aliphatic carbocycles. The van der Waals surface area contributed by atoms with Crippen molar-refractivity contribution in [3.63, 3.8) is 0 Å². The number of nitrogens with one attached hydrogen (secondary N) is 1. The molecule has 1 saturated heterocycles. The Morgan fingerprint density at radius 1 is 1.25 bits per heavy atom. The fourth-order valence-electron chi connectivity index (χ4n) is 3.10. The minimum Gasteiger partial charge on any atom is -0.359 e. The Bertz CT molecular complexity index is 817. The number of nitrogens with zero attached hydrogens (tertiary/aromatic N) is 4. The molecule has 0 radical (unpaired) electrons. The molecule has 2 aromatic heterocycles. The lowest BCUT2D eigenvalue weighted by molar-refractivity contribution is -0.125. The molecule has 24 heavy (non-hydrogen) atoms. The summed E-state index contributed by atoms with van der Waals surface area (Å²) >= 11 is 1.60. The third kappa shape index (κ3) is 2.75. The van der Waals surface area contributed by atoms with Crippen LogP contribution < -0.4 is 10.2 Å². The van der Waals surface area contributed by atoms with E-state index in [-0.39, 0.29) is 11.8 Å². The van der Waals surface area contributed by atoms with E-state index in [1.807, 2.05) is 28.9 Å². The van der Waals surface area contributed by atoms with Gasteiger partial charge in [-0.05, 0) is 12.8 Å². The van der Waals surface area contributed by atoms with Crippen molar-refractivity contribution in [3.8, 4) is 11.3 Å². The van der Waals surface area contributed by atoms with Gasteiger partial charge in [-0.15, -0.1) is 5.10 Å². The molecule has 0 atom stereocenters. The van der Waals surface area contributed by atoms with Crippen LogP contribution in [0.2, 0.25) is 0 Å². The normalized spacial score (nSPS) is 15.8. The van der Waals surface area contributed by atoms with Crippen LogP contribution in [-0.2, 0) is 4.79 Å². The predicted octanol–water partition coefficient (Wildman–Crippen LogP) is 2.42. The number of carbonyl (C=O) groups is 1. The average molecular weight is 341 g/mol. The Labute approximate surface area is 144 Å². The van der Waals surface area contributed by atoms with Gasteiger partial charge in [0.25, 0.3) is 0 Å². The van der Waals surface area contributed by atoms with Gasteiger partial charge >= 0.3 is 0 Å². The number of benzene rings is 1. The zero-order valence-corrected chi connectivity index (χ0v) is 14.3. The highest BCUT2D eigenvalue weighted by atomic mass is 32.1. The van der Waals surface area contributed by atoms with Crippen LogP contribution in [0.25, 0.3) is 16.2 Å². The number of carbonyl (C=O) groups excluding carboxylic acids is 1. The standard InChI is InChI=1S/C17H19N5OS/c1-18-15(23)13-7-9-21(10-8-13)17-20-22-11-14(19-16(22)24-17)12-5-3-2-4-6-12/h2-6,11,13H,7-10H2,1H3,(H,18,23). The molecular formula is C17H19N5OS. The molecule has 0 saturated carbocycles. The fraction of sp³-hybridized carbons (Fsp3) is 0.353. The van der Waals surface area contributed by atoms with Crippen LogP contribution in [0.15, 0.2) is 36.5 Å². The number of amides is 1. The number of hydrogen-bond donors (Lipinski definition) is 1. The van der Waals surface area contributed by atoms with E-state index in [2.05, 4.69) is 32.4 Å². The number of anilines is 1. The minimum absolute atomic E-state index is 0.125. The summed E-state index contributed by atoms with van der Waals surface area (Å²) in [5.41, 5.74) is 2.04. The number of piperidine rings is 1. The van der Waals surface area contributed by atoms with E-state index in [9.17, 15) is 4.79 Å². The highest BCUT2D eigenvalue weighted by molar-refractivity contribution is 7.20. The van der Waals surface area contributed by atoms with Gasteiger partial charge < -0.3 is 10.2 Å². The summed E-state index contributed by atoms with van der Waals surface area (Å²) in [5.74, 6) is 0.274. The lowest BCUT2D eigenvalue weighted by atomic mass is 9.96. The summed E-state index contributed by atoms with van der Waals surface area (Å²) in [6.45, 7) is 1.72. The van der Waals surface area contributed by atoms with Crippen LogP contribution in [0.5, 0.6) is 0 Å². The predicted molar refractivity (Wildman–Crippen MR) is 95.3 cm³/mol. The highest BCUT2D eigenvalue weighted by Gasteiger charge is 2.26. The molecule has 124 valence electrons. The van der Waals surface area contributed by atoms with Gasteiger partial charge in [0, 0.05) is 31.6 Å². The van der Waals surface area contributed by atoms with Crippen molar-refractivity contribution in [2.75, 3.05) is 25.0 Å². The molecule has 4 rings (SSSR count). The van der Waals surface area contributed by atoms with Crippen LogP contribution >= 0.6 is 11.3 Å². The van der Waals surface area contributed by atoms with Gasteiger partial charge in [-0.3, -0.25) is 4.79 Å². The molecule has 0 spiro atoms. The van der Waals surface area contributed by atoms with Gasteiger partial charge in [0.2, 0.25) is 16.0 Å². The van der Waals surface area contributed by atoms with E-state index in [1.54, 1.807) is 18.4 Å². The molecule has 0 unspecified atom stereocenters. The SMILES string of the molecule is CNC(=O)C1CCN(c2nn3cc(-c4ccccc4)nc3s2)CC1. The second-order valence-corrected chi connectivity index (χ2v) is 6.91. The topological polar surface area (TPSA) is 62.5 Å². The maximum atomic E-state index is 11.7. The zero-order chi connectivity index (χ0) is 16.5. The Kier molecular flexibility index (Phi) is 3.93. The number of rotatable bonds is 3. The van der Waals surface area contributed by atoms with Crippen LogP contribution in [0.3, 0.4) is 0 Å². The summed E-state index contributed by atoms with van der Waals surface area (Å²) in [7, 11) is 1.70. The van der Waals surface area contributed by atoms with E-state index in [1.165, 1.54) is 0 Å².